The minimum Gasteiger partial charge on any atom is -0.307 e. The Kier molecular flexibility index (Phi) is 4.25. The van der Waals surface area contributed by atoms with Crippen molar-refractivity contribution in [2.75, 3.05) is 11.4 Å². The quantitative estimate of drug-likeness (QED) is 0.839. The molecule has 4 nitrogen and oxygen atoms in total. The summed E-state index contributed by atoms with van der Waals surface area (Å²) in [7, 11) is 0. The molecule has 0 saturated heterocycles. The van der Waals surface area contributed by atoms with Gasteiger partial charge in [0.15, 0.2) is 0 Å². The normalized spacial score (nSPS) is 9.63. The lowest BCUT2D eigenvalue weighted by Gasteiger charge is -2.21. The Labute approximate surface area is 111 Å². The number of nitrogens with zero attached hydrogens (tertiary/aromatic N) is 3. The standard InChI is InChI=1S/C15H13N3O/c16-9-4-12-18(14-5-2-1-3-6-14)15(19)13-7-10-17-11-8-13/h1-3,5-8,10-11H,4,12H2. The lowest BCUT2D eigenvalue weighted by molar-refractivity contribution is 0.0987. The Morgan fingerprint density at radius 1 is 1.16 bits per heavy atom. The van der Waals surface area contributed by atoms with E-state index in [1.54, 1.807) is 29.4 Å². The van der Waals surface area contributed by atoms with Gasteiger partial charge in [0, 0.05) is 30.2 Å². The van der Waals surface area contributed by atoms with Crippen LogP contribution in [-0.2, 0) is 0 Å². The van der Waals surface area contributed by atoms with Crippen LogP contribution < -0.4 is 4.90 Å². The lowest BCUT2D eigenvalue weighted by Crippen LogP contribution is -2.31. The molecule has 0 aliphatic heterocycles. The van der Waals surface area contributed by atoms with Crippen molar-refractivity contribution in [2.45, 2.75) is 6.42 Å². The molecule has 1 aromatic carbocycles. The summed E-state index contributed by atoms with van der Waals surface area (Å²) in [6.45, 7) is 0.377. The van der Waals surface area contributed by atoms with Crippen molar-refractivity contribution < 1.29 is 4.79 Å². The van der Waals surface area contributed by atoms with Gasteiger partial charge in [0.25, 0.3) is 5.91 Å². The Hall–Kier alpha value is -2.67. The third kappa shape index (κ3) is 3.17. The minimum absolute atomic E-state index is 0.121. The van der Waals surface area contributed by atoms with Crippen molar-refractivity contribution in [3.63, 3.8) is 0 Å². The number of nitriles is 1. The fourth-order valence-corrected chi connectivity index (χ4v) is 1.77. The van der Waals surface area contributed by atoms with Crippen LogP contribution in [0.4, 0.5) is 5.69 Å². The summed E-state index contributed by atoms with van der Waals surface area (Å²) < 4.78 is 0. The molecule has 0 unspecified atom stereocenters. The van der Waals surface area contributed by atoms with E-state index in [1.165, 1.54) is 0 Å². The van der Waals surface area contributed by atoms with Gasteiger partial charge in [-0.3, -0.25) is 9.78 Å². The molecule has 0 fully saturated rings. The topological polar surface area (TPSA) is 57.0 Å². The number of carbonyl (C=O) groups excluding carboxylic acids is 1. The molecular formula is C15H13N3O. The minimum atomic E-state index is -0.121. The van der Waals surface area contributed by atoms with Gasteiger partial charge in [-0.1, -0.05) is 18.2 Å². The first-order valence-corrected chi connectivity index (χ1v) is 5.97. The average Bonchev–Trinajstić information content (AvgIpc) is 2.49. The molecule has 4 heteroatoms. The van der Waals surface area contributed by atoms with E-state index in [0.717, 1.165) is 5.69 Å². The number of aromatic nitrogens is 1. The molecule has 19 heavy (non-hydrogen) atoms. The van der Waals surface area contributed by atoms with Gasteiger partial charge in [-0.05, 0) is 24.3 Å². The summed E-state index contributed by atoms with van der Waals surface area (Å²) in [5, 5.41) is 8.72. The highest BCUT2D eigenvalue weighted by Crippen LogP contribution is 2.16. The fraction of sp³-hybridized carbons (Fsp3) is 0.133. The van der Waals surface area contributed by atoms with Crippen molar-refractivity contribution in [3.05, 3.63) is 60.4 Å². The molecule has 0 aliphatic rings. The van der Waals surface area contributed by atoms with Crippen molar-refractivity contribution >= 4 is 11.6 Å². The second-order valence-electron chi connectivity index (χ2n) is 3.94. The number of para-hydroxylation sites is 1. The Morgan fingerprint density at radius 2 is 1.84 bits per heavy atom. The van der Waals surface area contributed by atoms with Crippen LogP contribution in [0, 0.1) is 11.3 Å². The molecule has 0 spiro atoms. The molecule has 1 heterocycles. The first kappa shape index (κ1) is 12.8. The number of pyridine rings is 1. The van der Waals surface area contributed by atoms with Crippen molar-refractivity contribution in [2.24, 2.45) is 0 Å². The average molecular weight is 251 g/mol. The summed E-state index contributed by atoms with van der Waals surface area (Å²) in [6, 6.07) is 14.8. The Morgan fingerprint density at radius 3 is 2.47 bits per heavy atom. The van der Waals surface area contributed by atoms with E-state index in [0.29, 0.717) is 18.5 Å². The third-order valence-corrected chi connectivity index (χ3v) is 2.69. The predicted molar refractivity (Wildman–Crippen MR) is 72.6 cm³/mol. The van der Waals surface area contributed by atoms with Crippen LogP contribution in [0.1, 0.15) is 16.8 Å². The highest BCUT2D eigenvalue weighted by molar-refractivity contribution is 6.05. The van der Waals surface area contributed by atoms with Crippen molar-refractivity contribution in [1.29, 1.82) is 5.26 Å². The number of hydrogen-bond donors (Lipinski definition) is 0. The summed E-state index contributed by atoms with van der Waals surface area (Å²) in [5.74, 6) is -0.121. The van der Waals surface area contributed by atoms with Crippen LogP contribution in [0.15, 0.2) is 54.9 Å². The zero-order chi connectivity index (χ0) is 13.5. The van der Waals surface area contributed by atoms with Gasteiger partial charge in [0.05, 0.1) is 12.5 Å². The molecule has 0 aliphatic carbocycles. The first-order valence-electron chi connectivity index (χ1n) is 5.97. The van der Waals surface area contributed by atoms with E-state index in [9.17, 15) is 4.79 Å². The fourth-order valence-electron chi connectivity index (χ4n) is 1.77. The van der Waals surface area contributed by atoms with Gasteiger partial charge in [-0.25, -0.2) is 0 Å². The Balaban J connectivity index is 2.29. The largest absolute Gasteiger partial charge is 0.307 e. The van der Waals surface area contributed by atoms with E-state index in [4.69, 9.17) is 5.26 Å². The van der Waals surface area contributed by atoms with E-state index in [-0.39, 0.29) is 5.91 Å². The summed E-state index contributed by atoms with van der Waals surface area (Å²) in [5.41, 5.74) is 1.36. The maximum absolute atomic E-state index is 12.4. The second-order valence-corrected chi connectivity index (χ2v) is 3.94. The maximum Gasteiger partial charge on any atom is 0.258 e. The van der Waals surface area contributed by atoms with Crippen LogP contribution in [0.25, 0.3) is 0 Å². The molecule has 0 saturated carbocycles. The van der Waals surface area contributed by atoms with Gasteiger partial charge < -0.3 is 4.90 Å². The molecule has 0 atom stereocenters. The van der Waals surface area contributed by atoms with Crippen LogP contribution in [-0.4, -0.2) is 17.4 Å². The van der Waals surface area contributed by atoms with E-state index < -0.39 is 0 Å². The highest BCUT2D eigenvalue weighted by atomic mass is 16.2. The molecular weight excluding hydrogens is 238 g/mol. The van der Waals surface area contributed by atoms with Gasteiger partial charge in [0.2, 0.25) is 0 Å². The highest BCUT2D eigenvalue weighted by Gasteiger charge is 2.16. The lowest BCUT2D eigenvalue weighted by atomic mass is 10.2. The SMILES string of the molecule is N#CCCN(C(=O)c1ccncc1)c1ccccc1. The molecule has 94 valence electrons. The van der Waals surface area contributed by atoms with Gasteiger partial charge >= 0.3 is 0 Å². The van der Waals surface area contributed by atoms with Gasteiger partial charge in [-0.2, -0.15) is 5.26 Å². The monoisotopic (exact) mass is 251 g/mol. The molecule has 1 amide bonds. The number of benzene rings is 1. The second kappa shape index (κ2) is 6.31. The maximum atomic E-state index is 12.4. The van der Waals surface area contributed by atoms with Crippen LogP contribution in [0.2, 0.25) is 0 Å². The van der Waals surface area contributed by atoms with E-state index >= 15 is 0 Å². The summed E-state index contributed by atoms with van der Waals surface area (Å²) in [6.07, 6.45) is 3.47. The van der Waals surface area contributed by atoms with E-state index in [2.05, 4.69) is 11.1 Å². The molecule has 0 N–H and O–H groups in total. The molecule has 2 rings (SSSR count). The summed E-state index contributed by atoms with van der Waals surface area (Å²) in [4.78, 5) is 17.9. The molecule has 0 radical (unpaired) electrons. The van der Waals surface area contributed by atoms with Gasteiger partial charge in [-0.15, -0.1) is 0 Å². The zero-order valence-corrected chi connectivity index (χ0v) is 10.4. The van der Waals surface area contributed by atoms with Crippen LogP contribution >= 0.6 is 0 Å². The van der Waals surface area contributed by atoms with E-state index in [1.807, 2.05) is 30.3 Å². The first-order chi connectivity index (χ1) is 9.33. The number of carbonyl (C=O) groups is 1. The van der Waals surface area contributed by atoms with Crippen LogP contribution in [0.3, 0.4) is 0 Å². The summed E-state index contributed by atoms with van der Waals surface area (Å²) >= 11 is 0. The molecule has 2 aromatic rings. The van der Waals surface area contributed by atoms with Crippen LogP contribution in [0.5, 0.6) is 0 Å². The molecule has 0 bridgehead atoms. The number of rotatable bonds is 4. The zero-order valence-electron chi connectivity index (χ0n) is 10.4. The molecule has 1 aromatic heterocycles. The Bertz CT molecular complexity index is 575. The predicted octanol–water partition coefficient (Wildman–Crippen LogP) is 2.64. The van der Waals surface area contributed by atoms with Crippen molar-refractivity contribution in [3.8, 4) is 6.07 Å². The third-order valence-electron chi connectivity index (χ3n) is 2.69. The smallest absolute Gasteiger partial charge is 0.258 e. The number of amides is 1. The van der Waals surface area contributed by atoms with Gasteiger partial charge in [0.1, 0.15) is 0 Å². The number of hydrogen-bond acceptors (Lipinski definition) is 3. The van der Waals surface area contributed by atoms with Crippen molar-refractivity contribution in [1.82, 2.24) is 4.98 Å². The number of anilines is 1.